The highest BCUT2D eigenvalue weighted by atomic mass is 19.4. The number of likely N-dealkylation sites (N-methyl/N-ethyl adjacent to an activating group) is 1. The first-order chi connectivity index (χ1) is 10.6. The molecular formula is C15H21F3N2O3. The zero-order chi connectivity index (χ0) is 17.6. The fourth-order valence-electron chi connectivity index (χ4n) is 1.74. The third-order valence-corrected chi connectivity index (χ3v) is 2.87. The van der Waals surface area contributed by atoms with Crippen LogP contribution in [0.2, 0.25) is 0 Å². The monoisotopic (exact) mass is 334 g/mol. The minimum Gasteiger partial charge on any atom is -0.491 e. The van der Waals surface area contributed by atoms with Crippen LogP contribution in [0.4, 0.5) is 18.0 Å². The van der Waals surface area contributed by atoms with Gasteiger partial charge in [0.05, 0.1) is 12.1 Å². The Balaban J connectivity index is 2.44. The number of halogens is 3. The van der Waals surface area contributed by atoms with Crippen molar-refractivity contribution in [3.05, 3.63) is 29.8 Å². The van der Waals surface area contributed by atoms with Crippen molar-refractivity contribution < 1.29 is 27.8 Å². The van der Waals surface area contributed by atoms with E-state index in [9.17, 15) is 23.1 Å². The third kappa shape index (κ3) is 6.77. The fourth-order valence-corrected chi connectivity index (χ4v) is 1.74. The summed E-state index contributed by atoms with van der Waals surface area (Å²) in [6.07, 6.45) is -5.36. The number of urea groups is 1. The maximum absolute atomic E-state index is 12.4. The van der Waals surface area contributed by atoms with Gasteiger partial charge in [-0.05, 0) is 38.1 Å². The lowest BCUT2D eigenvalue weighted by atomic mass is 10.2. The highest BCUT2D eigenvalue weighted by molar-refractivity contribution is 5.74. The van der Waals surface area contributed by atoms with Gasteiger partial charge in [-0.3, -0.25) is 0 Å². The lowest BCUT2D eigenvalue weighted by Crippen LogP contribution is -2.44. The molecule has 23 heavy (non-hydrogen) atoms. The topological polar surface area (TPSA) is 61.8 Å². The van der Waals surface area contributed by atoms with Crippen LogP contribution >= 0.6 is 0 Å². The second kappa shape index (κ2) is 8.05. The lowest BCUT2D eigenvalue weighted by molar-refractivity contribution is -0.137. The molecular weight excluding hydrogens is 313 g/mol. The Morgan fingerprint density at radius 3 is 2.35 bits per heavy atom. The molecule has 0 radical (unpaired) electrons. The van der Waals surface area contributed by atoms with E-state index in [1.165, 1.54) is 24.1 Å². The van der Waals surface area contributed by atoms with E-state index in [-0.39, 0.29) is 31.0 Å². The van der Waals surface area contributed by atoms with Crippen LogP contribution in [0.15, 0.2) is 24.3 Å². The van der Waals surface area contributed by atoms with Gasteiger partial charge >= 0.3 is 12.2 Å². The van der Waals surface area contributed by atoms with Gasteiger partial charge in [0.2, 0.25) is 0 Å². The lowest BCUT2D eigenvalue weighted by Gasteiger charge is -2.22. The molecule has 0 bridgehead atoms. The molecule has 0 fully saturated rings. The van der Waals surface area contributed by atoms with Crippen LogP contribution in [0, 0.1) is 0 Å². The number of alkyl halides is 3. The zero-order valence-electron chi connectivity index (χ0n) is 13.2. The van der Waals surface area contributed by atoms with Gasteiger partial charge < -0.3 is 20.1 Å². The molecule has 0 saturated carbocycles. The molecule has 5 nitrogen and oxygen atoms in total. The Bertz CT molecular complexity index is 504. The van der Waals surface area contributed by atoms with Gasteiger partial charge in [0.15, 0.2) is 0 Å². The molecule has 130 valence electrons. The molecule has 0 aromatic heterocycles. The van der Waals surface area contributed by atoms with Gasteiger partial charge in [-0.15, -0.1) is 0 Å². The fraction of sp³-hybridized carbons (Fsp3) is 0.533. The zero-order valence-corrected chi connectivity index (χ0v) is 13.2. The number of aliphatic hydroxyl groups is 1. The molecule has 1 aromatic rings. The van der Waals surface area contributed by atoms with Crippen molar-refractivity contribution >= 4 is 6.03 Å². The molecule has 1 rings (SSSR count). The van der Waals surface area contributed by atoms with E-state index in [1.54, 1.807) is 0 Å². The van der Waals surface area contributed by atoms with Crippen LogP contribution in [-0.2, 0) is 6.18 Å². The number of ether oxygens (including phenoxy) is 1. The van der Waals surface area contributed by atoms with Crippen molar-refractivity contribution in [2.24, 2.45) is 0 Å². The second-order valence-electron chi connectivity index (χ2n) is 5.47. The summed E-state index contributed by atoms with van der Waals surface area (Å²) in [4.78, 5) is 13.0. The summed E-state index contributed by atoms with van der Waals surface area (Å²) in [6.45, 7) is 3.54. The standard InChI is InChI=1S/C15H21F3N2O3/c1-10(2)19-14(22)20(3)8-12(21)9-23-13-6-4-11(5-7-13)15(16,17)18/h4-7,10,12,21H,8-9H2,1-3H3,(H,19,22)/t12-/m0/s1. The maximum Gasteiger partial charge on any atom is 0.416 e. The Kier molecular flexibility index (Phi) is 6.68. The number of hydrogen-bond acceptors (Lipinski definition) is 3. The SMILES string of the molecule is CC(C)NC(=O)N(C)C[C@H](O)COc1ccc(C(F)(F)F)cc1. The normalized spacial score (nSPS) is 12.9. The van der Waals surface area contributed by atoms with Crippen LogP contribution in [0.5, 0.6) is 5.75 Å². The first-order valence-corrected chi connectivity index (χ1v) is 7.09. The van der Waals surface area contributed by atoms with Gasteiger partial charge in [-0.1, -0.05) is 0 Å². The second-order valence-corrected chi connectivity index (χ2v) is 5.47. The van der Waals surface area contributed by atoms with Crippen LogP contribution in [0.1, 0.15) is 19.4 Å². The molecule has 2 N–H and O–H groups in total. The Hall–Kier alpha value is -1.96. The summed E-state index contributed by atoms with van der Waals surface area (Å²) < 4.78 is 42.5. The predicted molar refractivity (Wildman–Crippen MR) is 79.2 cm³/mol. The van der Waals surface area contributed by atoms with E-state index in [4.69, 9.17) is 4.74 Å². The number of rotatable bonds is 6. The minimum absolute atomic E-state index is 0.0227. The number of nitrogens with one attached hydrogen (secondary N) is 1. The Labute approximate surface area is 133 Å². The molecule has 0 spiro atoms. The first kappa shape index (κ1) is 19.1. The molecule has 0 heterocycles. The number of aliphatic hydroxyl groups excluding tert-OH is 1. The summed E-state index contributed by atoms with van der Waals surface area (Å²) in [5.74, 6) is 0.214. The van der Waals surface area contributed by atoms with E-state index in [2.05, 4.69) is 5.32 Å². The number of carbonyl (C=O) groups excluding carboxylic acids is 1. The van der Waals surface area contributed by atoms with E-state index in [1.807, 2.05) is 13.8 Å². The minimum atomic E-state index is -4.40. The Morgan fingerprint density at radius 2 is 1.87 bits per heavy atom. The number of hydrogen-bond donors (Lipinski definition) is 2. The van der Waals surface area contributed by atoms with Crippen LogP contribution < -0.4 is 10.1 Å². The molecule has 0 unspecified atom stereocenters. The van der Waals surface area contributed by atoms with Crippen LogP contribution in [-0.4, -0.2) is 48.4 Å². The summed E-state index contributed by atoms with van der Waals surface area (Å²) in [5.41, 5.74) is -0.768. The average molecular weight is 334 g/mol. The average Bonchev–Trinajstić information content (AvgIpc) is 2.43. The smallest absolute Gasteiger partial charge is 0.416 e. The number of carbonyl (C=O) groups is 1. The van der Waals surface area contributed by atoms with Gasteiger partial charge in [-0.25, -0.2) is 4.79 Å². The van der Waals surface area contributed by atoms with E-state index < -0.39 is 17.8 Å². The highest BCUT2D eigenvalue weighted by Gasteiger charge is 2.30. The largest absolute Gasteiger partial charge is 0.491 e. The number of benzene rings is 1. The summed E-state index contributed by atoms with van der Waals surface area (Å²) >= 11 is 0. The van der Waals surface area contributed by atoms with Crippen molar-refractivity contribution in [3.63, 3.8) is 0 Å². The number of amides is 2. The van der Waals surface area contributed by atoms with Crippen molar-refractivity contribution in [3.8, 4) is 5.75 Å². The first-order valence-electron chi connectivity index (χ1n) is 7.09. The van der Waals surface area contributed by atoms with Gasteiger partial charge in [-0.2, -0.15) is 13.2 Å². The summed E-state index contributed by atoms with van der Waals surface area (Å²) in [7, 11) is 1.53. The molecule has 1 aromatic carbocycles. The molecule has 0 aliphatic heterocycles. The molecule has 0 aliphatic carbocycles. The van der Waals surface area contributed by atoms with E-state index in [0.29, 0.717) is 0 Å². The maximum atomic E-state index is 12.4. The van der Waals surface area contributed by atoms with Crippen molar-refractivity contribution in [2.45, 2.75) is 32.2 Å². The molecule has 0 aliphatic rings. The van der Waals surface area contributed by atoms with E-state index in [0.717, 1.165) is 12.1 Å². The van der Waals surface area contributed by atoms with Crippen molar-refractivity contribution in [2.75, 3.05) is 20.2 Å². The van der Waals surface area contributed by atoms with Gasteiger partial charge in [0.1, 0.15) is 18.5 Å². The molecule has 2 amide bonds. The summed E-state index contributed by atoms with van der Waals surface area (Å²) in [6, 6.07) is 3.84. The quantitative estimate of drug-likeness (QED) is 0.840. The van der Waals surface area contributed by atoms with Crippen LogP contribution in [0.3, 0.4) is 0 Å². The third-order valence-electron chi connectivity index (χ3n) is 2.87. The molecule has 1 atom stereocenters. The van der Waals surface area contributed by atoms with Crippen molar-refractivity contribution in [1.29, 1.82) is 0 Å². The highest BCUT2D eigenvalue weighted by Crippen LogP contribution is 2.30. The van der Waals surface area contributed by atoms with Crippen LogP contribution in [0.25, 0.3) is 0 Å². The summed E-state index contributed by atoms with van der Waals surface area (Å²) in [5, 5.41) is 12.5. The van der Waals surface area contributed by atoms with E-state index >= 15 is 0 Å². The van der Waals surface area contributed by atoms with Gasteiger partial charge in [0, 0.05) is 13.1 Å². The predicted octanol–water partition coefficient (Wildman–Crippen LogP) is 2.49. The van der Waals surface area contributed by atoms with Gasteiger partial charge in [0.25, 0.3) is 0 Å². The molecule has 8 heteroatoms. The number of nitrogens with zero attached hydrogens (tertiary/aromatic N) is 1. The Morgan fingerprint density at radius 1 is 1.30 bits per heavy atom. The molecule has 0 saturated heterocycles. The van der Waals surface area contributed by atoms with Crippen molar-refractivity contribution in [1.82, 2.24) is 10.2 Å².